The normalized spacial score (nSPS) is 13.6. The van der Waals surface area contributed by atoms with Crippen molar-refractivity contribution >= 4 is 19.8 Å². The average molecular weight is 744 g/mol. The number of hydrogen-bond acceptors (Lipinski definition) is 8. The molecule has 0 aliphatic carbocycles. The molecular weight excluding hydrogens is 665 g/mol. The van der Waals surface area contributed by atoms with Gasteiger partial charge in [0.15, 0.2) is 6.10 Å². The Balaban J connectivity index is 4.25. The Labute approximate surface area is 312 Å². The molecule has 1 unspecified atom stereocenters. The molecule has 0 saturated carbocycles. The van der Waals surface area contributed by atoms with Crippen molar-refractivity contribution < 1.29 is 37.6 Å². The van der Waals surface area contributed by atoms with E-state index in [2.05, 4.69) is 13.8 Å². The van der Waals surface area contributed by atoms with Crippen LogP contribution in [-0.4, -0.2) is 49.3 Å². The summed E-state index contributed by atoms with van der Waals surface area (Å²) in [5.74, 6) is -1.07. The van der Waals surface area contributed by atoms with E-state index in [-0.39, 0.29) is 26.2 Å². The number of unbranched alkanes of at least 4 members (excludes halogenated alkanes) is 25. The number of rotatable bonds is 39. The van der Waals surface area contributed by atoms with Gasteiger partial charge in [-0.15, -0.1) is 0 Å². The summed E-state index contributed by atoms with van der Waals surface area (Å²) in [5, 5.41) is 0. The van der Waals surface area contributed by atoms with Crippen LogP contribution >= 0.6 is 7.82 Å². The Morgan fingerprint density at radius 3 is 1.55 bits per heavy atom. The minimum absolute atomic E-state index is 0.0449. The number of ether oxygens (including phenoxy) is 2. The van der Waals surface area contributed by atoms with Crippen LogP contribution in [0.5, 0.6) is 0 Å². The predicted octanol–water partition coefficient (Wildman–Crippen LogP) is 11.6. The molecule has 0 aromatic carbocycles. The summed E-state index contributed by atoms with van der Waals surface area (Å²) < 4.78 is 32.5. The Bertz CT molecular complexity index is 897. The molecule has 0 aliphatic rings. The van der Waals surface area contributed by atoms with Gasteiger partial charge in [-0.1, -0.05) is 186 Å². The lowest BCUT2D eigenvalue weighted by atomic mass is 10.0. The zero-order chi connectivity index (χ0) is 37.5. The number of hydrogen-bond donors (Lipinski definition) is 2. The lowest BCUT2D eigenvalue weighted by Crippen LogP contribution is -2.29. The van der Waals surface area contributed by atoms with E-state index in [4.69, 9.17) is 24.3 Å². The van der Waals surface area contributed by atoms with E-state index in [0.717, 1.165) is 32.1 Å². The summed E-state index contributed by atoms with van der Waals surface area (Å²) in [6.45, 7) is 3.62. The third kappa shape index (κ3) is 38.0. The topological polar surface area (TPSA) is 134 Å². The van der Waals surface area contributed by atoms with Gasteiger partial charge >= 0.3 is 19.8 Å². The lowest BCUT2D eigenvalue weighted by molar-refractivity contribution is -0.159. The zero-order valence-electron chi connectivity index (χ0n) is 32.8. The summed E-state index contributed by atoms with van der Waals surface area (Å²) in [4.78, 5) is 34.7. The Kier molecular flexibility index (Phi) is 37.1. The standard InChI is InChI=1S/C41H78NO8P/c1-3-5-7-9-11-13-15-17-19-21-23-25-27-29-31-33-40(43)47-37-39(38-49-51(45,46)48-36-35-42)50-41(44)34-32-30-28-26-24-22-20-18-16-14-12-10-8-6-4-2/h27,29,31,33,39H,3-26,28,30,32,34-38,42H2,1-2H3,(H,45,46)/t39-/m1/s1. The molecule has 0 spiro atoms. The fraction of sp³-hybridized carbons (Fsp3) is 0.854. The number of nitrogens with two attached hydrogens (primary N) is 1. The maximum Gasteiger partial charge on any atom is 0.472 e. The Hall–Kier alpha value is -1.51. The molecule has 0 heterocycles. The van der Waals surface area contributed by atoms with Crippen molar-refractivity contribution in [2.75, 3.05) is 26.4 Å². The molecule has 0 bridgehead atoms. The fourth-order valence-electron chi connectivity index (χ4n) is 5.84. The Morgan fingerprint density at radius 1 is 0.627 bits per heavy atom. The van der Waals surface area contributed by atoms with E-state index in [9.17, 15) is 19.0 Å². The zero-order valence-corrected chi connectivity index (χ0v) is 33.7. The third-order valence-corrected chi connectivity index (χ3v) is 9.93. The molecule has 300 valence electrons. The highest BCUT2D eigenvalue weighted by Crippen LogP contribution is 2.43. The lowest BCUT2D eigenvalue weighted by Gasteiger charge is -2.19. The van der Waals surface area contributed by atoms with E-state index in [1.54, 1.807) is 6.08 Å². The van der Waals surface area contributed by atoms with Crippen molar-refractivity contribution in [2.45, 2.75) is 200 Å². The number of esters is 2. The highest BCUT2D eigenvalue weighted by Gasteiger charge is 2.25. The van der Waals surface area contributed by atoms with E-state index in [0.29, 0.717) is 6.42 Å². The predicted molar refractivity (Wildman–Crippen MR) is 211 cm³/mol. The van der Waals surface area contributed by atoms with E-state index in [1.807, 2.05) is 12.2 Å². The first-order valence-corrected chi connectivity index (χ1v) is 22.4. The number of carbonyl (C=O) groups excluding carboxylic acids is 2. The van der Waals surface area contributed by atoms with Gasteiger partial charge in [-0.2, -0.15) is 0 Å². The van der Waals surface area contributed by atoms with Gasteiger partial charge in [0.05, 0.1) is 13.2 Å². The summed E-state index contributed by atoms with van der Waals surface area (Å²) in [6.07, 6.45) is 39.8. The van der Waals surface area contributed by atoms with Crippen LogP contribution in [0.25, 0.3) is 0 Å². The molecule has 0 fully saturated rings. The number of phosphoric acid groups is 1. The third-order valence-electron chi connectivity index (χ3n) is 8.94. The maximum absolute atomic E-state index is 12.5. The molecule has 10 heteroatoms. The van der Waals surface area contributed by atoms with Gasteiger partial charge in [-0.25, -0.2) is 9.36 Å². The molecule has 0 aliphatic heterocycles. The van der Waals surface area contributed by atoms with Crippen LogP contribution in [0.1, 0.15) is 194 Å². The van der Waals surface area contributed by atoms with E-state index >= 15 is 0 Å². The first kappa shape index (κ1) is 49.5. The molecular formula is C41H78NO8P. The summed E-state index contributed by atoms with van der Waals surface area (Å²) >= 11 is 0. The molecule has 0 saturated heterocycles. The van der Waals surface area contributed by atoms with Gasteiger partial charge < -0.3 is 20.1 Å². The van der Waals surface area contributed by atoms with Crippen molar-refractivity contribution in [3.8, 4) is 0 Å². The van der Waals surface area contributed by atoms with Crippen LogP contribution < -0.4 is 5.73 Å². The van der Waals surface area contributed by atoms with Crippen molar-refractivity contribution in [1.29, 1.82) is 0 Å². The van der Waals surface area contributed by atoms with Crippen molar-refractivity contribution in [3.05, 3.63) is 24.3 Å². The average Bonchev–Trinajstić information content (AvgIpc) is 3.11. The minimum Gasteiger partial charge on any atom is -0.458 e. The van der Waals surface area contributed by atoms with Gasteiger partial charge in [-0.3, -0.25) is 13.8 Å². The summed E-state index contributed by atoms with van der Waals surface area (Å²) in [5.41, 5.74) is 5.33. The highest BCUT2D eigenvalue weighted by molar-refractivity contribution is 7.47. The van der Waals surface area contributed by atoms with Gasteiger partial charge in [-0.05, 0) is 19.3 Å². The van der Waals surface area contributed by atoms with Crippen LogP contribution in [0, 0.1) is 0 Å². The second kappa shape index (κ2) is 38.2. The van der Waals surface area contributed by atoms with Crippen molar-refractivity contribution in [3.63, 3.8) is 0 Å². The second-order valence-corrected chi connectivity index (χ2v) is 15.4. The van der Waals surface area contributed by atoms with Crippen LogP contribution in [0.4, 0.5) is 0 Å². The van der Waals surface area contributed by atoms with Crippen molar-refractivity contribution in [2.24, 2.45) is 5.73 Å². The Morgan fingerprint density at radius 2 is 1.08 bits per heavy atom. The number of carbonyl (C=O) groups is 2. The molecule has 9 nitrogen and oxygen atoms in total. The molecule has 0 rings (SSSR count). The summed E-state index contributed by atoms with van der Waals surface area (Å²) in [7, 11) is -4.39. The monoisotopic (exact) mass is 744 g/mol. The molecule has 51 heavy (non-hydrogen) atoms. The first-order valence-electron chi connectivity index (χ1n) is 20.9. The molecule has 0 aromatic heterocycles. The minimum atomic E-state index is -4.39. The molecule has 0 amide bonds. The van der Waals surface area contributed by atoms with Crippen LogP contribution in [-0.2, 0) is 32.7 Å². The summed E-state index contributed by atoms with van der Waals surface area (Å²) in [6, 6.07) is 0. The maximum atomic E-state index is 12.5. The van der Waals surface area contributed by atoms with Gasteiger partial charge in [0, 0.05) is 19.0 Å². The van der Waals surface area contributed by atoms with E-state index in [1.165, 1.54) is 141 Å². The van der Waals surface area contributed by atoms with Crippen LogP contribution in [0.15, 0.2) is 24.3 Å². The molecule has 0 radical (unpaired) electrons. The number of phosphoric ester groups is 1. The van der Waals surface area contributed by atoms with Gasteiger partial charge in [0.25, 0.3) is 0 Å². The second-order valence-electron chi connectivity index (χ2n) is 13.9. The SMILES string of the molecule is CCCCCCCCCCCCCC=CC=CC(=O)OC[C@H](COP(=O)(O)OCCN)OC(=O)CCCCCCCCCCCCCCCCC. The van der Waals surface area contributed by atoms with Gasteiger partial charge in [0.1, 0.15) is 6.61 Å². The molecule has 3 N–H and O–H groups in total. The fourth-order valence-corrected chi connectivity index (χ4v) is 6.61. The molecule has 0 aromatic rings. The first-order chi connectivity index (χ1) is 24.8. The van der Waals surface area contributed by atoms with E-state index < -0.39 is 32.5 Å². The van der Waals surface area contributed by atoms with Crippen LogP contribution in [0.2, 0.25) is 0 Å². The highest BCUT2D eigenvalue weighted by atomic mass is 31.2. The number of allylic oxidation sites excluding steroid dienone is 3. The smallest absolute Gasteiger partial charge is 0.458 e. The van der Waals surface area contributed by atoms with Crippen LogP contribution in [0.3, 0.4) is 0 Å². The molecule has 2 atom stereocenters. The van der Waals surface area contributed by atoms with Gasteiger partial charge in [0.2, 0.25) is 0 Å². The largest absolute Gasteiger partial charge is 0.472 e. The quantitative estimate of drug-likeness (QED) is 0.0207. The van der Waals surface area contributed by atoms with Crippen molar-refractivity contribution in [1.82, 2.24) is 0 Å².